The van der Waals surface area contributed by atoms with E-state index >= 15 is 0 Å². The van der Waals surface area contributed by atoms with Crippen LogP contribution in [0.3, 0.4) is 0 Å². The quantitative estimate of drug-likeness (QED) is 0.747. The van der Waals surface area contributed by atoms with E-state index in [9.17, 15) is 4.79 Å². The molecule has 1 aromatic rings. The van der Waals surface area contributed by atoms with Gasteiger partial charge in [0.1, 0.15) is 17.5 Å². The van der Waals surface area contributed by atoms with E-state index in [0.29, 0.717) is 18.1 Å². The van der Waals surface area contributed by atoms with Crippen LogP contribution in [0.15, 0.2) is 18.2 Å². The predicted molar refractivity (Wildman–Crippen MR) is 81.8 cm³/mol. The third-order valence-electron chi connectivity index (χ3n) is 3.33. The monoisotopic (exact) mass is 295 g/mol. The van der Waals surface area contributed by atoms with Crippen molar-refractivity contribution in [2.24, 2.45) is 0 Å². The fourth-order valence-electron chi connectivity index (χ4n) is 1.98. The maximum absolute atomic E-state index is 12.3. The molecule has 0 aliphatic heterocycles. The van der Waals surface area contributed by atoms with Gasteiger partial charge in [-0.15, -0.1) is 0 Å². The fraction of sp³-hybridized carbons (Fsp3) is 0.562. The van der Waals surface area contributed by atoms with Crippen molar-refractivity contribution in [1.29, 1.82) is 0 Å². The fourth-order valence-corrected chi connectivity index (χ4v) is 1.98. The first-order chi connectivity index (χ1) is 10.1. The number of carbonyl (C=O) groups is 1. The van der Waals surface area contributed by atoms with E-state index < -0.39 is 6.04 Å². The van der Waals surface area contributed by atoms with E-state index in [0.717, 1.165) is 12.0 Å². The molecule has 0 aliphatic rings. The molecule has 5 heteroatoms. The van der Waals surface area contributed by atoms with Crippen molar-refractivity contribution in [3.63, 3.8) is 0 Å². The lowest BCUT2D eigenvalue weighted by atomic mass is 10.0. The summed E-state index contributed by atoms with van der Waals surface area (Å²) in [6, 6.07) is 4.99. The zero-order valence-electron chi connectivity index (χ0n) is 13.4. The summed E-state index contributed by atoms with van der Waals surface area (Å²) in [5.41, 5.74) is 0.718. The van der Waals surface area contributed by atoms with Gasteiger partial charge < -0.3 is 14.2 Å². The van der Waals surface area contributed by atoms with Crippen molar-refractivity contribution in [2.75, 3.05) is 20.8 Å². The highest BCUT2D eigenvalue weighted by atomic mass is 16.5. The molecule has 118 valence electrons. The molecule has 2 unspecified atom stereocenters. The topological polar surface area (TPSA) is 56.8 Å². The Kier molecular flexibility index (Phi) is 7.02. The molecule has 0 bridgehead atoms. The zero-order valence-corrected chi connectivity index (χ0v) is 13.4. The van der Waals surface area contributed by atoms with E-state index in [4.69, 9.17) is 14.2 Å². The second-order valence-electron chi connectivity index (χ2n) is 4.77. The number of hydrogen-bond donors (Lipinski definition) is 1. The summed E-state index contributed by atoms with van der Waals surface area (Å²) in [6.07, 6.45) is 0.905. The lowest BCUT2D eigenvalue weighted by Gasteiger charge is -2.23. The molecule has 1 N–H and O–H groups in total. The summed E-state index contributed by atoms with van der Waals surface area (Å²) in [5, 5.41) is 3.28. The molecule has 0 saturated heterocycles. The Morgan fingerprint density at radius 2 is 1.95 bits per heavy atom. The van der Waals surface area contributed by atoms with Gasteiger partial charge >= 0.3 is 5.97 Å². The minimum atomic E-state index is -0.579. The molecule has 0 spiro atoms. The van der Waals surface area contributed by atoms with E-state index in [1.54, 1.807) is 39.3 Å². The molecule has 5 nitrogen and oxygen atoms in total. The Balaban J connectivity index is 3.19. The molecular weight excluding hydrogens is 270 g/mol. The highest BCUT2D eigenvalue weighted by molar-refractivity contribution is 5.79. The molecule has 0 saturated carbocycles. The van der Waals surface area contributed by atoms with E-state index in [2.05, 4.69) is 12.2 Å². The zero-order chi connectivity index (χ0) is 15.8. The third kappa shape index (κ3) is 4.63. The SMILES string of the molecule is CCOC(=O)C(NC(C)CC)c1cc(OC)ccc1OC. The first kappa shape index (κ1) is 17.3. The Labute approximate surface area is 126 Å². The van der Waals surface area contributed by atoms with Crippen LogP contribution in [0.25, 0.3) is 0 Å². The molecule has 0 aliphatic carbocycles. The standard InChI is InChI=1S/C16H25NO4/c1-6-11(3)17-15(16(18)21-7-2)13-10-12(19-4)8-9-14(13)20-5/h8-11,15,17H,6-7H2,1-5H3. The highest BCUT2D eigenvalue weighted by Gasteiger charge is 2.26. The van der Waals surface area contributed by atoms with E-state index in [-0.39, 0.29) is 12.0 Å². The smallest absolute Gasteiger partial charge is 0.327 e. The van der Waals surface area contributed by atoms with Gasteiger partial charge in [0.15, 0.2) is 0 Å². The van der Waals surface area contributed by atoms with Gasteiger partial charge in [0, 0.05) is 11.6 Å². The maximum atomic E-state index is 12.3. The Morgan fingerprint density at radius 3 is 2.48 bits per heavy atom. The van der Waals surface area contributed by atoms with Gasteiger partial charge in [0.2, 0.25) is 0 Å². The number of benzene rings is 1. The number of hydrogen-bond acceptors (Lipinski definition) is 5. The molecule has 0 amide bonds. The van der Waals surface area contributed by atoms with Crippen molar-refractivity contribution in [3.8, 4) is 11.5 Å². The van der Waals surface area contributed by atoms with Crippen molar-refractivity contribution in [3.05, 3.63) is 23.8 Å². The number of carbonyl (C=O) groups excluding carboxylic acids is 1. The predicted octanol–water partition coefficient (Wildman–Crippen LogP) is 2.70. The van der Waals surface area contributed by atoms with Crippen molar-refractivity contribution >= 4 is 5.97 Å². The minimum absolute atomic E-state index is 0.176. The van der Waals surface area contributed by atoms with Crippen molar-refractivity contribution in [1.82, 2.24) is 5.32 Å². The lowest BCUT2D eigenvalue weighted by molar-refractivity contribution is -0.146. The van der Waals surface area contributed by atoms with Crippen molar-refractivity contribution in [2.45, 2.75) is 39.3 Å². The van der Waals surface area contributed by atoms with Gasteiger partial charge in [-0.1, -0.05) is 6.92 Å². The van der Waals surface area contributed by atoms with Crippen LogP contribution in [-0.4, -0.2) is 32.8 Å². The van der Waals surface area contributed by atoms with Gasteiger partial charge in [0.25, 0.3) is 0 Å². The maximum Gasteiger partial charge on any atom is 0.327 e. The van der Waals surface area contributed by atoms with Crippen LogP contribution >= 0.6 is 0 Å². The Bertz CT molecular complexity index is 462. The summed E-state index contributed by atoms with van der Waals surface area (Å²) in [7, 11) is 3.17. The highest BCUT2D eigenvalue weighted by Crippen LogP contribution is 2.30. The van der Waals surface area contributed by atoms with Gasteiger partial charge in [-0.25, -0.2) is 4.79 Å². The lowest BCUT2D eigenvalue weighted by Crippen LogP contribution is -2.36. The number of esters is 1. The summed E-state index contributed by atoms with van der Waals surface area (Å²) in [6.45, 7) is 6.21. The number of nitrogens with one attached hydrogen (secondary N) is 1. The van der Waals surface area contributed by atoms with Gasteiger partial charge in [-0.2, -0.15) is 0 Å². The molecule has 0 radical (unpaired) electrons. The summed E-state index contributed by atoms with van der Waals surface area (Å²) >= 11 is 0. The van der Waals surface area contributed by atoms with E-state index in [1.807, 2.05) is 6.92 Å². The molecule has 0 aromatic heterocycles. The van der Waals surface area contributed by atoms with Crippen LogP contribution in [0.2, 0.25) is 0 Å². The molecule has 0 heterocycles. The third-order valence-corrected chi connectivity index (χ3v) is 3.33. The number of methoxy groups -OCH3 is 2. The molecular formula is C16H25NO4. The van der Waals surface area contributed by atoms with Gasteiger partial charge in [-0.05, 0) is 38.5 Å². The minimum Gasteiger partial charge on any atom is -0.497 e. The van der Waals surface area contributed by atoms with Crippen LogP contribution in [-0.2, 0) is 9.53 Å². The Morgan fingerprint density at radius 1 is 1.24 bits per heavy atom. The van der Waals surface area contributed by atoms with Gasteiger partial charge in [-0.3, -0.25) is 5.32 Å². The second-order valence-corrected chi connectivity index (χ2v) is 4.77. The van der Waals surface area contributed by atoms with Crippen LogP contribution < -0.4 is 14.8 Å². The first-order valence-electron chi connectivity index (χ1n) is 7.21. The second kappa shape index (κ2) is 8.52. The summed E-state index contributed by atoms with van der Waals surface area (Å²) in [5.74, 6) is 0.986. The Hall–Kier alpha value is -1.75. The summed E-state index contributed by atoms with van der Waals surface area (Å²) in [4.78, 5) is 12.3. The van der Waals surface area contributed by atoms with Crippen LogP contribution in [0.5, 0.6) is 11.5 Å². The average molecular weight is 295 g/mol. The molecule has 21 heavy (non-hydrogen) atoms. The molecule has 2 atom stereocenters. The van der Waals surface area contributed by atoms with Crippen LogP contribution in [0.4, 0.5) is 0 Å². The normalized spacial score (nSPS) is 13.4. The largest absolute Gasteiger partial charge is 0.497 e. The summed E-state index contributed by atoms with van der Waals surface area (Å²) < 4.78 is 15.8. The average Bonchev–Trinajstić information content (AvgIpc) is 2.51. The van der Waals surface area contributed by atoms with Crippen molar-refractivity contribution < 1.29 is 19.0 Å². The van der Waals surface area contributed by atoms with E-state index in [1.165, 1.54) is 0 Å². The number of rotatable bonds is 8. The molecule has 1 aromatic carbocycles. The number of ether oxygens (including phenoxy) is 3. The first-order valence-corrected chi connectivity index (χ1v) is 7.21. The van der Waals surface area contributed by atoms with Crippen LogP contribution in [0.1, 0.15) is 38.8 Å². The van der Waals surface area contributed by atoms with Gasteiger partial charge in [0.05, 0.1) is 20.8 Å². The molecule has 0 fully saturated rings. The molecule has 1 rings (SSSR count). The van der Waals surface area contributed by atoms with Crippen LogP contribution in [0, 0.1) is 0 Å².